The Morgan fingerprint density at radius 1 is 1.35 bits per heavy atom. The van der Waals surface area contributed by atoms with Crippen LogP contribution >= 0.6 is 0 Å². The fraction of sp³-hybridized carbons (Fsp3) is 0.600. The van der Waals surface area contributed by atoms with Gasteiger partial charge in [-0.1, -0.05) is 13.3 Å². The van der Waals surface area contributed by atoms with Gasteiger partial charge < -0.3 is 9.88 Å². The number of hydrogen-bond donors (Lipinski definition) is 1. The Morgan fingerprint density at radius 3 is 3.20 bits per heavy atom. The fourth-order valence-corrected chi connectivity index (χ4v) is 2.90. The molecule has 0 bridgehead atoms. The Kier molecular flexibility index (Phi) is 4.16. The first-order chi connectivity index (χ1) is 9.88. The van der Waals surface area contributed by atoms with Crippen molar-refractivity contribution >= 4 is 0 Å². The van der Waals surface area contributed by atoms with Crippen LogP contribution in [-0.2, 0) is 6.54 Å². The first kappa shape index (κ1) is 13.4. The average molecular weight is 273 g/mol. The van der Waals surface area contributed by atoms with Crippen molar-refractivity contribution in [2.75, 3.05) is 13.1 Å². The molecule has 0 amide bonds. The standard InChI is InChI=1S/C15H23N5/c1-2-7-19-11-13(8-18-19)15-10-17-12-20(15)14-5-3-4-6-16-9-14/h8,10-12,14,16H,2-7,9H2,1H3. The summed E-state index contributed by atoms with van der Waals surface area (Å²) in [5.74, 6) is 0. The molecule has 1 aliphatic rings. The van der Waals surface area contributed by atoms with Crippen LogP contribution in [0.2, 0.25) is 0 Å². The second-order valence-electron chi connectivity index (χ2n) is 5.53. The lowest BCUT2D eigenvalue weighted by molar-refractivity contribution is 0.464. The minimum atomic E-state index is 0.504. The van der Waals surface area contributed by atoms with Gasteiger partial charge in [0.1, 0.15) is 0 Å². The van der Waals surface area contributed by atoms with E-state index in [1.54, 1.807) is 0 Å². The highest BCUT2D eigenvalue weighted by atomic mass is 15.3. The van der Waals surface area contributed by atoms with Crippen LogP contribution in [0.1, 0.15) is 38.6 Å². The summed E-state index contributed by atoms with van der Waals surface area (Å²) in [7, 11) is 0. The number of imidazole rings is 1. The van der Waals surface area contributed by atoms with Crippen molar-refractivity contribution in [1.29, 1.82) is 0 Å². The number of nitrogens with one attached hydrogen (secondary N) is 1. The molecule has 5 heteroatoms. The first-order valence-corrected chi connectivity index (χ1v) is 7.64. The van der Waals surface area contributed by atoms with Gasteiger partial charge in [0.2, 0.25) is 0 Å². The molecular formula is C15H23N5. The largest absolute Gasteiger partial charge is 0.326 e. The second kappa shape index (κ2) is 6.22. The molecule has 0 saturated carbocycles. The van der Waals surface area contributed by atoms with E-state index in [1.807, 2.05) is 23.4 Å². The molecule has 3 heterocycles. The van der Waals surface area contributed by atoms with Crippen LogP contribution in [0.3, 0.4) is 0 Å². The fourth-order valence-electron chi connectivity index (χ4n) is 2.90. The number of hydrogen-bond acceptors (Lipinski definition) is 3. The quantitative estimate of drug-likeness (QED) is 0.931. The highest BCUT2D eigenvalue weighted by Gasteiger charge is 2.17. The number of rotatable bonds is 4. The predicted octanol–water partition coefficient (Wildman–Crippen LogP) is 2.47. The SMILES string of the molecule is CCCn1cc(-c2cncn2C2CCCCNC2)cn1. The zero-order valence-electron chi connectivity index (χ0n) is 12.1. The third-order valence-corrected chi connectivity index (χ3v) is 3.96. The first-order valence-electron chi connectivity index (χ1n) is 7.64. The van der Waals surface area contributed by atoms with Crippen molar-refractivity contribution in [2.45, 2.75) is 45.2 Å². The predicted molar refractivity (Wildman–Crippen MR) is 79.5 cm³/mol. The van der Waals surface area contributed by atoms with Gasteiger partial charge in [-0.25, -0.2) is 4.98 Å². The summed E-state index contributed by atoms with van der Waals surface area (Å²) in [5, 5.41) is 7.95. The van der Waals surface area contributed by atoms with E-state index in [1.165, 1.54) is 30.5 Å². The maximum Gasteiger partial charge on any atom is 0.0954 e. The van der Waals surface area contributed by atoms with Gasteiger partial charge in [-0.15, -0.1) is 0 Å². The van der Waals surface area contributed by atoms with E-state index >= 15 is 0 Å². The van der Waals surface area contributed by atoms with E-state index in [4.69, 9.17) is 0 Å². The Bertz CT molecular complexity index is 534. The molecule has 0 spiro atoms. The van der Waals surface area contributed by atoms with Gasteiger partial charge in [-0.3, -0.25) is 4.68 Å². The molecule has 1 fully saturated rings. The van der Waals surface area contributed by atoms with E-state index in [9.17, 15) is 0 Å². The van der Waals surface area contributed by atoms with E-state index in [-0.39, 0.29) is 0 Å². The van der Waals surface area contributed by atoms with Crippen LogP contribution in [0.4, 0.5) is 0 Å². The maximum atomic E-state index is 4.43. The van der Waals surface area contributed by atoms with Crippen LogP contribution in [0.5, 0.6) is 0 Å². The van der Waals surface area contributed by atoms with E-state index in [0.717, 1.165) is 26.1 Å². The Balaban J connectivity index is 1.84. The van der Waals surface area contributed by atoms with Gasteiger partial charge in [0.15, 0.2) is 0 Å². The summed E-state index contributed by atoms with van der Waals surface area (Å²) >= 11 is 0. The minimum Gasteiger partial charge on any atom is -0.326 e. The van der Waals surface area contributed by atoms with Gasteiger partial charge in [0.05, 0.1) is 24.4 Å². The summed E-state index contributed by atoms with van der Waals surface area (Å²) in [6.45, 7) is 5.31. The lowest BCUT2D eigenvalue weighted by atomic mass is 10.1. The molecule has 3 rings (SSSR count). The molecule has 20 heavy (non-hydrogen) atoms. The Hall–Kier alpha value is -1.62. The molecule has 1 N–H and O–H groups in total. The van der Waals surface area contributed by atoms with Crippen molar-refractivity contribution < 1.29 is 0 Å². The van der Waals surface area contributed by atoms with Crippen LogP contribution in [0.25, 0.3) is 11.3 Å². The molecular weight excluding hydrogens is 250 g/mol. The second-order valence-corrected chi connectivity index (χ2v) is 5.53. The topological polar surface area (TPSA) is 47.7 Å². The highest BCUT2D eigenvalue weighted by molar-refractivity contribution is 5.56. The van der Waals surface area contributed by atoms with E-state index < -0.39 is 0 Å². The zero-order chi connectivity index (χ0) is 13.8. The van der Waals surface area contributed by atoms with Crippen molar-refractivity contribution in [3.63, 3.8) is 0 Å². The molecule has 108 valence electrons. The smallest absolute Gasteiger partial charge is 0.0954 e. The van der Waals surface area contributed by atoms with E-state index in [2.05, 4.69) is 33.1 Å². The lowest BCUT2D eigenvalue weighted by Crippen LogP contribution is -2.23. The molecule has 0 aliphatic carbocycles. The molecule has 5 nitrogen and oxygen atoms in total. The van der Waals surface area contributed by atoms with Crippen molar-refractivity contribution in [2.24, 2.45) is 0 Å². The van der Waals surface area contributed by atoms with E-state index in [0.29, 0.717) is 6.04 Å². The minimum absolute atomic E-state index is 0.504. The van der Waals surface area contributed by atoms with Crippen LogP contribution in [0, 0.1) is 0 Å². The van der Waals surface area contributed by atoms with Crippen molar-refractivity contribution in [3.05, 3.63) is 24.9 Å². The van der Waals surface area contributed by atoms with Gasteiger partial charge >= 0.3 is 0 Å². The van der Waals surface area contributed by atoms with Crippen molar-refractivity contribution in [1.82, 2.24) is 24.6 Å². The number of nitrogens with zero attached hydrogens (tertiary/aromatic N) is 4. The Labute approximate surface area is 120 Å². The summed E-state index contributed by atoms with van der Waals surface area (Å²) in [6, 6.07) is 0.504. The number of aromatic nitrogens is 4. The molecule has 2 aromatic heterocycles. The third-order valence-electron chi connectivity index (χ3n) is 3.96. The zero-order valence-corrected chi connectivity index (χ0v) is 12.1. The molecule has 1 aliphatic heterocycles. The summed E-state index contributed by atoms with van der Waals surface area (Å²) in [5.41, 5.74) is 2.35. The van der Waals surface area contributed by atoms with Gasteiger partial charge in [-0.05, 0) is 25.8 Å². The third kappa shape index (κ3) is 2.77. The summed E-state index contributed by atoms with van der Waals surface area (Å²) in [4.78, 5) is 4.36. The maximum absolute atomic E-state index is 4.43. The number of aryl methyl sites for hydroxylation is 1. The van der Waals surface area contributed by atoms with Crippen LogP contribution in [-0.4, -0.2) is 32.4 Å². The monoisotopic (exact) mass is 273 g/mol. The molecule has 0 radical (unpaired) electrons. The van der Waals surface area contributed by atoms with Crippen LogP contribution in [0.15, 0.2) is 24.9 Å². The van der Waals surface area contributed by atoms with Gasteiger partial charge in [-0.2, -0.15) is 5.10 Å². The lowest BCUT2D eigenvalue weighted by Gasteiger charge is -2.18. The Morgan fingerprint density at radius 2 is 2.30 bits per heavy atom. The van der Waals surface area contributed by atoms with Gasteiger partial charge in [0.25, 0.3) is 0 Å². The molecule has 1 unspecified atom stereocenters. The average Bonchev–Trinajstić information content (AvgIpc) is 3.02. The molecule has 2 aromatic rings. The molecule has 0 aromatic carbocycles. The summed E-state index contributed by atoms with van der Waals surface area (Å²) in [6.07, 6.45) is 12.9. The van der Waals surface area contributed by atoms with Crippen molar-refractivity contribution in [3.8, 4) is 11.3 Å². The summed E-state index contributed by atoms with van der Waals surface area (Å²) < 4.78 is 4.32. The molecule has 1 atom stereocenters. The van der Waals surface area contributed by atoms with Gasteiger partial charge in [0, 0.05) is 30.9 Å². The normalized spacial score (nSPS) is 19.9. The highest BCUT2D eigenvalue weighted by Crippen LogP contribution is 2.25. The molecule has 1 saturated heterocycles. The van der Waals surface area contributed by atoms with Crippen LogP contribution < -0.4 is 5.32 Å².